The summed E-state index contributed by atoms with van der Waals surface area (Å²) in [6.45, 7) is 3.59. The molecule has 0 spiro atoms. The minimum Gasteiger partial charge on any atom is -0.342 e. The highest BCUT2D eigenvalue weighted by atomic mass is 32.2. The van der Waals surface area contributed by atoms with E-state index in [1.54, 1.807) is 17.0 Å². The summed E-state index contributed by atoms with van der Waals surface area (Å²) < 4.78 is 27.8. The van der Waals surface area contributed by atoms with Gasteiger partial charge >= 0.3 is 0 Å². The number of carbonyl (C=O) groups excluding carboxylic acids is 2. The predicted octanol–water partition coefficient (Wildman–Crippen LogP) is 2.52. The number of nitrogens with zero attached hydrogens (tertiary/aromatic N) is 2. The molecule has 0 aromatic heterocycles. The number of amides is 2. The van der Waals surface area contributed by atoms with E-state index in [1.165, 1.54) is 12.1 Å². The quantitative estimate of drug-likeness (QED) is 0.742. The predicted molar refractivity (Wildman–Crippen MR) is 116 cm³/mol. The van der Waals surface area contributed by atoms with Crippen molar-refractivity contribution in [3.8, 4) is 0 Å². The van der Waals surface area contributed by atoms with Gasteiger partial charge in [0.1, 0.15) is 5.84 Å². The van der Waals surface area contributed by atoms with E-state index in [0.717, 1.165) is 32.1 Å². The average molecular weight is 435 g/mol. The molecule has 9 heteroatoms. The summed E-state index contributed by atoms with van der Waals surface area (Å²) in [5.41, 5.74) is 0.532. The molecule has 2 heterocycles. The molecule has 8 nitrogen and oxygen atoms in total. The molecule has 30 heavy (non-hydrogen) atoms. The van der Waals surface area contributed by atoms with Crippen molar-refractivity contribution in [1.29, 1.82) is 0 Å². The van der Waals surface area contributed by atoms with Crippen LogP contribution in [0.15, 0.2) is 34.2 Å². The molecule has 2 N–H and O–H groups in total. The molecule has 164 valence electrons. The molecule has 2 amide bonds. The highest BCUT2D eigenvalue weighted by Gasteiger charge is 2.28. The summed E-state index contributed by atoms with van der Waals surface area (Å²) in [6, 6.07) is 6.12. The van der Waals surface area contributed by atoms with Gasteiger partial charge in [0, 0.05) is 38.2 Å². The first-order chi connectivity index (χ1) is 14.4. The Morgan fingerprint density at radius 2 is 1.90 bits per heavy atom. The number of nitrogens with one attached hydrogen (secondary N) is 2. The van der Waals surface area contributed by atoms with Gasteiger partial charge in [-0.15, -0.1) is 0 Å². The molecular formula is C21H30N4O4S. The van der Waals surface area contributed by atoms with E-state index < -0.39 is 10.0 Å². The Bertz CT molecular complexity index is 896. The summed E-state index contributed by atoms with van der Waals surface area (Å²) in [7, 11) is -3.70. The molecule has 1 aromatic rings. The van der Waals surface area contributed by atoms with Crippen molar-refractivity contribution in [2.24, 2.45) is 10.9 Å². The Morgan fingerprint density at radius 1 is 1.13 bits per heavy atom. The third kappa shape index (κ3) is 5.81. The van der Waals surface area contributed by atoms with Crippen LogP contribution in [0, 0.1) is 5.92 Å². The van der Waals surface area contributed by atoms with Crippen molar-refractivity contribution in [3.63, 3.8) is 0 Å². The van der Waals surface area contributed by atoms with Crippen LogP contribution < -0.4 is 10.0 Å². The fraction of sp³-hybridized carbons (Fsp3) is 0.571. The molecule has 0 aliphatic carbocycles. The van der Waals surface area contributed by atoms with Crippen LogP contribution in [0.2, 0.25) is 0 Å². The molecule has 1 unspecified atom stereocenters. The number of sulfonamides is 1. The number of benzene rings is 1. The zero-order valence-electron chi connectivity index (χ0n) is 17.4. The first-order valence-corrected chi connectivity index (χ1v) is 12.1. The highest BCUT2D eigenvalue weighted by molar-refractivity contribution is 7.90. The van der Waals surface area contributed by atoms with Gasteiger partial charge in [-0.2, -0.15) is 0 Å². The summed E-state index contributed by atoms with van der Waals surface area (Å²) in [6.07, 6.45) is 5.56. The fourth-order valence-corrected chi connectivity index (χ4v) is 4.86. The largest absolute Gasteiger partial charge is 0.342 e. The maximum absolute atomic E-state index is 12.6. The minimum absolute atomic E-state index is 0.0628. The Balaban J connectivity index is 1.60. The molecule has 2 aliphatic heterocycles. The molecule has 1 fully saturated rings. The van der Waals surface area contributed by atoms with Gasteiger partial charge in [-0.1, -0.05) is 13.3 Å². The number of likely N-dealkylation sites (tertiary alicyclic amines) is 1. The third-order valence-corrected chi connectivity index (χ3v) is 6.90. The fourth-order valence-electron chi connectivity index (χ4n) is 3.77. The lowest BCUT2D eigenvalue weighted by Gasteiger charge is -2.31. The van der Waals surface area contributed by atoms with Gasteiger partial charge in [-0.3, -0.25) is 19.3 Å². The summed E-state index contributed by atoms with van der Waals surface area (Å²) in [5, 5.41) is 2.84. The van der Waals surface area contributed by atoms with Crippen LogP contribution in [0.4, 0.5) is 5.69 Å². The zero-order valence-corrected chi connectivity index (χ0v) is 18.2. The molecule has 2 aliphatic rings. The number of carbonyl (C=O) groups is 2. The van der Waals surface area contributed by atoms with E-state index in [0.29, 0.717) is 44.0 Å². The lowest BCUT2D eigenvalue weighted by Crippen LogP contribution is -2.43. The second kappa shape index (κ2) is 10.1. The Morgan fingerprint density at radius 3 is 2.63 bits per heavy atom. The molecule has 0 saturated carbocycles. The number of aliphatic imine (C=N–C) groups is 1. The zero-order chi connectivity index (χ0) is 21.6. The molecule has 0 radical (unpaired) electrons. The van der Waals surface area contributed by atoms with Crippen LogP contribution in [0.5, 0.6) is 0 Å². The number of anilines is 1. The van der Waals surface area contributed by atoms with Crippen LogP contribution in [-0.4, -0.2) is 50.6 Å². The second-order valence-corrected chi connectivity index (χ2v) is 9.47. The molecule has 0 bridgehead atoms. The van der Waals surface area contributed by atoms with Crippen molar-refractivity contribution in [2.75, 3.05) is 25.0 Å². The first kappa shape index (κ1) is 22.3. The maximum Gasteiger partial charge on any atom is 0.262 e. The molecule has 3 rings (SSSR count). The van der Waals surface area contributed by atoms with Gasteiger partial charge in [-0.05, 0) is 49.9 Å². The lowest BCUT2D eigenvalue weighted by molar-refractivity contribution is -0.134. The molecule has 1 aromatic carbocycles. The number of rotatable bonds is 5. The van der Waals surface area contributed by atoms with E-state index in [4.69, 9.17) is 0 Å². The van der Waals surface area contributed by atoms with E-state index in [2.05, 4.69) is 15.0 Å². The molecule has 1 atom stereocenters. The first-order valence-electron chi connectivity index (χ1n) is 10.6. The standard InChI is InChI=1S/C21H30N4O4S/c1-2-20(26)25-14-6-7-16(15-25)21(27)23-17-9-11-18(12-10-17)30(28,29)24-19-8-4-3-5-13-22-19/h9-12,16H,2-8,13-15H2,1H3,(H,22,24)(H,23,27). The lowest BCUT2D eigenvalue weighted by atomic mass is 9.96. The topological polar surface area (TPSA) is 108 Å². The summed E-state index contributed by atoms with van der Waals surface area (Å²) in [5.74, 6) is 0.166. The maximum atomic E-state index is 12.6. The second-order valence-electron chi connectivity index (χ2n) is 7.79. The average Bonchev–Trinajstić information content (AvgIpc) is 3.01. The van der Waals surface area contributed by atoms with E-state index >= 15 is 0 Å². The van der Waals surface area contributed by atoms with Gasteiger partial charge in [0.05, 0.1) is 10.8 Å². The smallest absolute Gasteiger partial charge is 0.262 e. The minimum atomic E-state index is -3.70. The number of hydrogen-bond donors (Lipinski definition) is 2. The van der Waals surface area contributed by atoms with E-state index in [1.807, 2.05) is 6.92 Å². The third-order valence-electron chi connectivity index (χ3n) is 5.51. The van der Waals surface area contributed by atoms with Crippen LogP contribution in [0.3, 0.4) is 0 Å². The van der Waals surface area contributed by atoms with Crippen LogP contribution in [0.25, 0.3) is 0 Å². The number of amidine groups is 1. The van der Waals surface area contributed by atoms with E-state index in [-0.39, 0.29) is 22.6 Å². The van der Waals surface area contributed by atoms with Crippen molar-refractivity contribution >= 4 is 33.4 Å². The SMILES string of the molecule is CCC(=O)N1CCCC(C(=O)Nc2ccc(S(=O)(=O)NC3=NCCCCC3)cc2)C1. The van der Waals surface area contributed by atoms with Gasteiger partial charge in [0.25, 0.3) is 10.0 Å². The van der Waals surface area contributed by atoms with E-state index in [9.17, 15) is 18.0 Å². The van der Waals surface area contributed by atoms with Crippen LogP contribution in [0.1, 0.15) is 51.9 Å². The Kier molecular flexibility index (Phi) is 7.47. The Hall–Kier alpha value is -2.42. The van der Waals surface area contributed by atoms with Crippen molar-refractivity contribution in [3.05, 3.63) is 24.3 Å². The van der Waals surface area contributed by atoms with Crippen LogP contribution in [-0.2, 0) is 19.6 Å². The number of hydrogen-bond acceptors (Lipinski definition) is 5. The molecular weight excluding hydrogens is 404 g/mol. The van der Waals surface area contributed by atoms with Gasteiger partial charge in [0.15, 0.2) is 0 Å². The highest BCUT2D eigenvalue weighted by Crippen LogP contribution is 2.21. The van der Waals surface area contributed by atoms with Crippen molar-refractivity contribution in [2.45, 2.75) is 56.8 Å². The number of piperidine rings is 1. The van der Waals surface area contributed by atoms with Crippen LogP contribution >= 0.6 is 0 Å². The normalized spacial score (nSPS) is 20.1. The van der Waals surface area contributed by atoms with Gasteiger partial charge < -0.3 is 10.2 Å². The Labute approximate surface area is 178 Å². The summed E-state index contributed by atoms with van der Waals surface area (Å²) in [4.78, 5) is 30.7. The monoisotopic (exact) mass is 434 g/mol. The van der Waals surface area contributed by atoms with Gasteiger partial charge in [-0.25, -0.2) is 8.42 Å². The van der Waals surface area contributed by atoms with Crippen molar-refractivity contribution < 1.29 is 18.0 Å². The summed E-state index contributed by atoms with van der Waals surface area (Å²) >= 11 is 0. The molecule has 1 saturated heterocycles. The van der Waals surface area contributed by atoms with Gasteiger partial charge in [0.2, 0.25) is 11.8 Å². The van der Waals surface area contributed by atoms with Crippen molar-refractivity contribution in [1.82, 2.24) is 9.62 Å².